The second-order valence-electron chi connectivity index (χ2n) is 4.26. The summed E-state index contributed by atoms with van der Waals surface area (Å²) in [6.07, 6.45) is 1.08. The molecule has 0 fully saturated rings. The maximum atomic E-state index is 11.8. The molecule has 0 saturated carbocycles. The largest absolute Gasteiger partial charge is 0.392 e. The molecule has 1 atom stereocenters. The molecule has 0 bridgehead atoms. The van der Waals surface area contributed by atoms with E-state index in [-0.39, 0.29) is 18.5 Å². The van der Waals surface area contributed by atoms with Gasteiger partial charge in [-0.15, -0.1) is 0 Å². The van der Waals surface area contributed by atoms with Crippen molar-refractivity contribution in [1.29, 1.82) is 0 Å². The monoisotopic (exact) mass is 237 g/mol. The zero-order valence-electron chi connectivity index (χ0n) is 10.4. The van der Waals surface area contributed by atoms with E-state index in [4.69, 9.17) is 5.11 Å². The molecule has 1 aromatic heterocycles. The summed E-state index contributed by atoms with van der Waals surface area (Å²) >= 11 is 0. The first-order chi connectivity index (χ1) is 8.00. The molecule has 0 spiro atoms. The number of rotatable bonds is 5. The van der Waals surface area contributed by atoms with Gasteiger partial charge in [0.05, 0.1) is 11.7 Å². The first kappa shape index (κ1) is 13.4. The van der Waals surface area contributed by atoms with Gasteiger partial charge in [0.2, 0.25) is 0 Å². The Labute approximate surface area is 101 Å². The Balaban J connectivity index is 2.78. The topological polar surface area (TPSA) is 74.2 Å². The third-order valence-electron chi connectivity index (χ3n) is 2.04. The van der Waals surface area contributed by atoms with Crippen molar-refractivity contribution < 1.29 is 9.90 Å². The summed E-state index contributed by atoms with van der Waals surface area (Å²) in [5.74, 6) is 0.327. The van der Waals surface area contributed by atoms with E-state index in [0.29, 0.717) is 11.4 Å². The Morgan fingerprint density at radius 3 is 2.76 bits per heavy atom. The number of hydrogen-bond donors (Lipinski definition) is 3. The van der Waals surface area contributed by atoms with Crippen LogP contribution < -0.4 is 10.6 Å². The molecule has 1 rings (SSSR count). The number of nitrogens with one attached hydrogen (secondary N) is 2. The zero-order chi connectivity index (χ0) is 12.8. The molecule has 17 heavy (non-hydrogen) atoms. The molecule has 1 unspecified atom stereocenters. The fourth-order valence-corrected chi connectivity index (χ4v) is 1.31. The minimum absolute atomic E-state index is 0.202. The Morgan fingerprint density at radius 2 is 2.18 bits per heavy atom. The molecule has 0 aliphatic rings. The molecule has 0 aliphatic carbocycles. The van der Waals surface area contributed by atoms with Crippen molar-refractivity contribution >= 4 is 11.7 Å². The van der Waals surface area contributed by atoms with Gasteiger partial charge in [-0.1, -0.05) is 0 Å². The summed E-state index contributed by atoms with van der Waals surface area (Å²) in [5, 5.41) is 14.9. The van der Waals surface area contributed by atoms with Crippen LogP contribution in [0.2, 0.25) is 0 Å². The highest BCUT2D eigenvalue weighted by Crippen LogP contribution is 2.12. The lowest BCUT2D eigenvalue weighted by Gasteiger charge is -2.13. The number of carbonyl (C=O) groups excluding carboxylic acids is 1. The molecule has 0 aromatic carbocycles. The normalized spacial score (nSPS) is 12.3. The van der Waals surface area contributed by atoms with E-state index in [1.165, 1.54) is 0 Å². The van der Waals surface area contributed by atoms with E-state index in [1.54, 1.807) is 25.3 Å². The molecule has 94 valence electrons. The minimum Gasteiger partial charge on any atom is -0.392 e. The van der Waals surface area contributed by atoms with Crippen molar-refractivity contribution in [2.45, 2.75) is 32.9 Å². The van der Waals surface area contributed by atoms with E-state index in [0.717, 1.165) is 0 Å². The second kappa shape index (κ2) is 6.20. The van der Waals surface area contributed by atoms with Crippen LogP contribution in [0, 0.1) is 0 Å². The van der Waals surface area contributed by atoms with Crippen molar-refractivity contribution in [2.24, 2.45) is 0 Å². The molecular weight excluding hydrogens is 218 g/mol. The number of amides is 1. The first-order valence-corrected chi connectivity index (χ1v) is 5.68. The molecule has 5 heteroatoms. The van der Waals surface area contributed by atoms with Gasteiger partial charge in [0.15, 0.2) is 0 Å². The Bertz CT molecular complexity index is 378. The number of pyridine rings is 1. The lowest BCUT2D eigenvalue weighted by Crippen LogP contribution is -2.31. The standard InChI is InChI=1S/C12H19N3O2/c1-8(2)15-11-10(5-4-6-13-11)12(17)14-7-9(3)16/h4-6,8-9,16H,7H2,1-3H3,(H,13,15)(H,14,17). The van der Waals surface area contributed by atoms with Gasteiger partial charge in [-0.05, 0) is 32.9 Å². The van der Waals surface area contributed by atoms with Crippen molar-refractivity contribution in [3.63, 3.8) is 0 Å². The summed E-state index contributed by atoms with van der Waals surface area (Å²) in [5.41, 5.74) is 0.488. The van der Waals surface area contributed by atoms with E-state index >= 15 is 0 Å². The van der Waals surface area contributed by atoms with Crippen LogP contribution in [0.3, 0.4) is 0 Å². The molecule has 1 aromatic rings. The smallest absolute Gasteiger partial charge is 0.255 e. The average molecular weight is 237 g/mol. The summed E-state index contributed by atoms with van der Waals surface area (Å²) in [6.45, 7) is 5.81. The lowest BCUT2D eigenvalue weighted by atomic mass is 10.2. The van der Waals surface area contributed by atoms with E-state index < -0.39 is 6.10 Å². The summed E-state index contributed by atoms with van der Waals surface area (Å²) in [7, 11) is 0. The van der Waals surface area contributed by atoms with Gasteiger partial charge in [0, 0.05) is 18.8 Å². The third kappa shape index (κ3) is 4.40. The van der Waals surface area contributed by atoms with Crippen LogP contribution in [0.1, 0.15) is 31.1 Å². The SMILES string of the molecule is CC(O)CNC(=O)c1cccnc1NC(C)C. The van der Waals surface area contributed by atoms with Crippen LogP contribution in [0.15, 0.2) is 18.3 Å². The number of aliphatic hydroxyl groups is 1. The summed E-state index contributed by atoms with van der Waals surface area (Å²) in [4.78, 5) is 16.0. The van der Waals surface area contributed by atoms with Crippen LogP contribution in [-0.4, -0.2) is 34.7 Å². The van der Waals surface area contributed by atoms with Crippen molar-refractivity contribution in [3.05, 3.63) is 23.9 Å². The van der Waals surface area contributed by atoms with E-state index in [2.05, 4.69) is 15.6 Å². The van der Waals surface area contributed by atoms with Gasteiger partial charge in [-0.3, -0.25) is 4.79 Å². The first-order valence-electron chi connectivity index (χ1n) is 5.68. The van der Waals surface area contributed by atoms with Gasteiger partial charge >= 0.3 is 0 Å². The van der Waals surface area contributed by atoms with Crippen LogP contribution in [-0.2, 0) is 0 Å². The third-order valence-corrected chi connectivity index (χ3v) is 2.04. The molecule has 0 radical (unpaired) electrons. The summed E-state index contributed by atoms with van der Waals surface area (Å²) < 4.78 is 0. The van der Waals surface area contributed by atoms with Gasteiger partial charge in [0.25, 0.3) is 5.91 Å². The Morgan fingerprint density at radius 1 is 1.47 bits per heavy atom. The maximum absolute atomic E-state index is 11.8. The van der Waals surface area contributed by atoms with Crippen molar-refractivity contribution in [1.82, 2.24) is 10.3 Å². The number of hydrogen-bond acceptors (Lipinski definition) is 4. The number of aliphatic hydroxyl groups excluding tert-OH is 1. The highest BCUT2D eigenvalue weighted by atomic mass is 16.3. The lowest BCUT2D eigenvalue weighted by molar-refractivity contribution is 0.0924. The fourth-order valence-electron chi connectivity index (χ4n) is 1.31. The van der Waals surface area contributed by atoms with Crippen molar-refractivity contribution in [2.75, 3.05) is 11.9 Å². The summed E-state index contributed by atoms with van der Waals surface area (Å²) in [6, 6.07) is 3.62. The fraction of sp³-hybridized carbons (Fsp3) is 0.500. The number of carbonyl (C=O) groups is 1. The molecule has 0 saturated heterocycles. The van der Waals surface area contributed by atoms with Gasteiger partial charge in [0.1, 0.15) is 5.82 Å². The number of anilines is 1. The predicted molar refractivity (Wildman–Crippen MR) is 67.0 cm³/mol. The van der Waals surface area contributed by atoms with Crippen LogP contribution in [0.5, 0.6) is 0 Å². The molecule has 0 aliphatic heterocycles. The number of nitrogens with zero attached hydrogens (tertiary/aromatic N) is 1. The molecule has 1 heterocycles. The van der Waals surface area contributed by atoms with Crippen LogP contribution in [0.4, 0.5) is 5.82 Å². The maximum Gasteiger partial charge on any atom is 0.255 e. The molecule has 3 N–H and O–H groups in total. The number of aromatic nitrogens is 1. The van der Waals surface area contributed by atoms with Gasteiger partial charge < -0.3 is 15.7 Å². The Kier molecular flexibility index (Phi) is 4.90. The quantitative estimate of drug-likeness (QED) is 0.714. The van der Waals surface area contributed by atoms with Crippen LogP contribution in [0.25, 0.3) is 0 Å². The highest BCUT2D eigenvalue weighted by molar-refractivity contribution is 5.98. The highest BCUT2D eigenvalue weighted by Gasteiger charge is 2.12. The molecule has 1 amide bonds. The van der Waals surface area contributed by atoms with Gasteiger partial charge in [-0.2, -0.15) is 0 Å². The zero-order valence-corrected chi connectivity index (χ0v) is 10.4. The average Bonchev–Trinajstić information content (AvgIpc) is 2.25. The molecule has 5 nitrogen and oxygen atoms in total. The van der Waals surface area contributed by atoms with E-state index in [9.17, 15) is 4.79 Å². The predicted octanol–water partition coefficient (Wildman–Crippen LogP) is 1.01. The van der Waals surface area contributed by atoms with Crippen molar-refractivity contribution in [3.8, 4) is 0 Å². The Hall–Kier alpha value is -1.62. The van der Waals surface area contributed by atoms with Crippen LogP contribution >= 0.6 is 0 Å². The van der Waals surface area contributed by atoms with E-state index in [1.807, 2.05) is 13.8 Å². The minimum atomic E-state index is -0.558. The second-order valence-corrected chi connectivity index (χ2v) is 4.26. The van der Waals surface area contributed by atoms with Gasteiger partial charge in [-0.25, -0.2) is 4.98 Å². The molecular formula is C12H19N3O2.